The number of benzene rings is 2. The number of thiophene rings is 1. The number of nitrogens with zero attached hydrogens (tertiary/aromatic N) is 3. The maximum atomic E-state index is 12.5. The lowest BCUT2D eigenvalue weighted by Crippen LogP contribution is -2.14. The van der Waals surface area contributed by atoms with E-state index in [0.717, 1.165) is 23.6 Å². The number of para-hydroxylation sites is 1. The van der Waals surface area contributed by atoms with E-state index in [1.807, 2.05) is 59.2 Å². The van der Waals surface area contributed by atoms with Crippen LogP contribution in [0.3, 0.4) is 0 Å². The van der Waals surface area contributed by atoms with Gasteiger partial charge in [-0.25, -0.2) is 0 Å². The van der Waals surface area contributed by atoms with Crippen LogP contribution >= 0.6 is 23.1 Å². The first-order valence-corrected chi connectivity index (χ1v) is 11.6. The molecule has 0 aliphatic carbocycles. The lowest BCUT2D eigenvalue weighted by Gasteiger charge is -2.10. The predicted molar refractivity (Wildman–Crippen MR) is 124 cm³/mol. The van der Waals surface area contributed by atoms with Crippen molar-refractivity contribution in [2.24, 2.45) is 0 Å². The smallest absolute Gasteiger partial charge is 0.234 e. The van der Waals surface area contributed by atoms with Crippen molar-refractivity contribution in [1.82, 2.24) is 14.8 Å². The normalized spacial score (nSPS) is 10.8. The Balaban J connectivity index is 1.50. The fraction of sp³-hybridized carbons (Fsp3) is 0.174. The van der Waals surface area contributed by atoms with Crippen LogP contribution in [0.15, 0.2) is 77.3 Å². The standard InChI is InChI=1S/C23H22N4OS2/c1-2-17-8-6-9-18(14-17)24-22(28)16-30-23-26-25-21(15-20-12-7-13-29-20)27(23)19-10-4-3-5-11-19/h3-14H,2,15-16H2,1H3,(H,24,28). The monoisotopic (exact) mass is 434 g/mol. The SMILES string of the molecule is CCc1cccc(NC(=O)CSc2nnc(Cc3cccs3)n2-c2ccccc2)c1. The summed E-state index contributed by atoms with van der Waals surface area (Å²) in [6.07, 6.45) is 1.64. The molecule has 5 nitrogen and oxygen atoms in total. The number of nitrogens with one attached hydrogen (secondary N) is 1. The first-order chi connectivity index (χ1) is 14.7. The van der Waals surface area contributed by atoms with E-state index in [1.165, 1.54) is 22.2 Å². The van der Waals surface area contributed by atoms with Gasteiger partial charge in [0, 0.05) is 22.7 Å². The minimum absolute atomic E-state index is 0.0596. The maximum Gasteiger partial charge on any atom is 0.234 e. The summed E-state index contributed by atoms with van der Waals surface area (Å²) < 4.78 is 2.04. The summed E-state index contributed by atoms with van der Waals surface area (Å²) in [5.41, 5.74) is 3.01. The zero-order valence-corrected chi connectivity index (χ0v) is 18.2. The van der Waals surface area contributed by atoms with Gasteiger partial charge < -0.3 is 5.32 Å². The second kappa shape index (κ2) is 9.73. The van der Waals surface area contributed by atoms with Gasteiger partial charge in [-0.05, 0) is 47.7 Å². The molecular weight excluding hydrogens is 412 g/mol. The molecule has 0 atom stereocenters. The predicted octanol–water partition coefficient (Wildman–Crippen LogP) is 5.21. The third-order valence-corrected chi connectivity index (χ3v) is 6.38. The molecule has 0 fully saturated rings. The highest BCUT2D eigenvalue weighted by molar-refractivity contribution is 7.99. The Kier molecular flexibility index (Phi) is 6.61. The first-order valence-electron chi connectivity index (χ1n) is 9.76. The van der Waals surface area contributed by atoms with Crippen LogP contribution in [-0.2, 0) is 17.6 Å². The van der Waals surface area contributed by atoms with E-state index < -0.39 is 0 Å². The molecule has 0 spiro atoms. The van der Waals surface area contributed by atoms with E-state index in [-0.39, 0.29) is 11.7 Å². The molecule has 0 aliphatic heterocycles. The molecule has 1 amide bonds. The van der Waals surface area contributed by atoms with E-state index >= 15 is 0 Å². The average molecular weight is 435 g/mol. The number of rotatable bonds is 8. The third kappa shape index (κ3) is 4.98. The Morgan fingerprint density at radius 3 is 2.70 bits per heavy atom. The Labute approximate surface area is 184 Å². The summed E-state index contributed by atoms with van der Waals surface area (Å²) in [5, 5.41) is 14.5. The number of aryl methyl sites for hydroxylation is 1. The van der Waals surface area contributed by atoms with Gasteiger partial charge in [0.05, 0.1) is 5.75 Å². The van der Waals surface area contributed by atoms with Crippen molar-refractivity contribution < 1.29 is 4.79 Å². The van der Waals surface area contributed by atoms with Crippen LogP contribution in [-0.4, -0.2) is 26.4 Å². The van der Waals surface area contributed by atoms with Crippen molar-refractivity contribution in [2.45, 2.75) is 24.9 Å². The summed E-state index contributed by atoms with van der Waals surface area (Å²) in [5.74, 6) is 1.07. The van der Waals surface area contributed by atoms with Gasteiger partial charge in [0.2, 0.25) is 5.91 Å². The fourth-order valence-electron chi connectivity index (χ4n) is 3.11. The zero-order chi connectivity index (χ0) is 20.8. The number of carbonyl (C=O) groups is 1. The van der Waals surface area contributed by atoms with E-state index in [0.29, 0.717) is 11.6 Å². The minimum atomic E-state index is -0.0596. The van der Waals surface area contributed by atoms with Gasteiger partial charge in [-0.3, -0.25) is 9.36 Å². The number of anilines is 1. The molecule has 1 N–H and O–H groups in total. The molecule has 2 aromatic heterocycles. The molecule has 0 aliphatic rings. The Bertz CT molecular complexity index is 1110. The second-order valence-corrected chi connectivity index (χ2v) is 8.69. The average Bonchev–Trinajstić information content (AvgIpc) is 3.43. The van der Waals surface area contributed by atoms with Gasteiger partial charge >= 0.3 is 0 Å². The lowest BCUT2D eigenvalue weighted by atomic mass is 10.1. The number of aromatic nitrogens is 3. The molecule has 2 aromatic carbocycles. The molecule has 152 valence electrons. The highest BCUT2D eigenvalue weighted by Gasteiger charge is 2.16. The second-order valence-electron chi connectivity index (χ2n) is 6.72. The zero-order valence-electron chi connectivity index (χ0n) is 16.6. The maximum absolute atomic E-state index is 12.5. The van der Waals surface area contributed by atoms with E-state index in [9.17, 15) is 4.79 Å². The van der Waals surface area contributed by atoms with E-state index in [1.54, 1.807) is 11.3 Å². The molecule has 30 heavy (non-hydrogen) atoms. The summed E-state index contributed by atoms with van der Waals surface area (Å²) in [7, 11) is 0. The molecule has 0 unspecified atom stereocenters. The Morgan fingerprint density at radius 2 is 1.93 bits per heavy atom. The van der Waals surface area contributed by atoms with Crippen LogP contribution in [0.5, 0.6) is 0 Å². The molecule has 0 bridgehead atoms. The van der Waals surface area contributed by atoms with Crippen LogP contribution in [0.25, 0.3) is 5.69 Å². The van der Waals surface area contributed by atoms with E-state index in [2.05, 4.69) is 40.0 Å². The number of thioether (sulfide) groups is 1. The summed E-state index contributed by atoms with van der Waals surface area (Å²) >= 11 is 3.09. The topological polar surface area (TPSA) is 59.8 Å². The molecule has 7 heteroatoms. The van der Waals surface area contributed by atoms with Gasteiger partial charge in [-0.1, -0.05) is 55.1 Å². The quantitative estimate of drug-likeness (QED) is 0.387. The number of hydrogen-bond acceptors (Lipinski definition) is 5. The van der Waals surface area contributed by atoms with Crippen molar-refractivity contribution in [3.63, 3.8) is 0 Å². The number of carbonyl (C=O) groups excluding carboxylic acids is 1. The van der Waals surface area contributed by atoms with Crippen LogP contribution in [0, 0.1) is 0 Å². The first kappa shape index (κ1) is 20.4. The van der Waals surface area contributed by atoms with Crippen molar-refractivity contribution in [1.29, 1.82) is 0 Å². The fourth-order valence-corrected chi connectivity index (χ4v) is 4.58. The van der Waals surface area contributed by atoms with Crippen LogP contribution in [0.4, 0.5) is 5.69 Å². The minimum Gasteiger partial charge on any atom is -0.325 e. The Hall–Kier alpha value is -2.90. The third-order valence-electron chi connectivity index (χ3n) is 4.58. The molecule has 0 saturated heterocycles. The van der Waals surface area contributed by atoms with Gasteiger partial charge in [0.1, 0.15) is 5.82 Å². The number of amides is 1. The highest BCUT2D eigenvalue weighted by atomic mass is 32.2. The van der Waals surface area contributed by atoms with Crippen LogP contribution < -0.4 is 5.32 Å². The molecule has 4 rings (SSSR count). The number of hydrogen-bond donors (Lipinski definition) is 1. The summed E-state index contributed by atoms with van der Waals surface area (Å²) in [6.45, 7) is 2.10. The van der Waals surface area contributed by atoms with Gasteiger partial charge in [0.25, 0.3) is 0 Å². The molecular formula is C23H22N4OS2. The van der Waals surface area contributed by atoms with Crippen LogP contribution in [0.1, 0.15) is 23.2 Å². The van der Waals surface area contributed by atoms with Gasteiger partial charge in [-0.2, -0.15) is 0 Å². The highest BCUT2D eigenvalue weighted by Crippen LogP contribution is 2.24. The van der Waals surface area contributed by atoms with Crippen molar-refractivity contribution in [3.8, 4) is 5.69 Å². The molecule has 2 heterocycles. The molecule has 4 aromatic rings. The van der Waals surface area contributed by atoms with Gasteiger partial charge in [0.15, 0.2) is 5.16 Å². The summed E-state index contributed by atoms with van der Waals surface area (Å²) in [4.78, 5) is 13.7. The van der Waals surface area contributed by atoms with Crippen LogP contribution in [0.2, 0.25) is 0 Å². The van der Waals surface area contributed by atoms with E-state index in [4.69, 9.17) is 0 Å². The van der Waals surface area contributed by atoms with Gasteiger partial charge in [-0.15, -0.1) is 21.5 Å². The molecule has 0 radical (unpaired) electrons. The molecule has 0 saturated carbocycles. The Morgan fingerprint density at radius 1 is 1.07 bits per heavy atom. The van der Waals surface area contributed by atoms with Crippen molar-refractivity contribution in [3.05, 3.63) is 88.4 Å². The van der Waals surface area contributed by atoms with Crippen molar-refractivity contribution in [2.75, 3.05) is 11.1 Å². The summed E-state index contributed by atoms with van der Waals surface area (Å²) in [6, 6.07) is 22.1. The van der Waals surface area contributed by atoms with Crippen molar-refractivity contribution >= 4 is 34.7 Å². The lowest BCUT2D eigenvalue weighted by molar-refractivity contribution is -0.113. The largest absolute Gasteiger partial charge is 0.325 e.